The number of rotatable bonds is 11. The van der Waals surface area contributed by atoms with Crippen LogP contribution in [0.1, 0.15) is 276 Å². The Kier molecular flexibility index (Phi) is 17.6. The van der Waals surface area contributed by atoms with Crippen LogP contribution in [0.2, 0.25) is 0 Å². The van der Waals surface area contributed by atoms with E-state index in [2.05, 4.69) is 46.2 Å². The maximum Gasteiger partial charge on any atom is 0.0427 e. The van der Waals surface area contributed by atoms with Crippen molar-refractivity contribution in [3.63, 3.8) is 0 Å². The van der Waals surface area contributed by atoms with E-state index in [0.717, 1.165) is 126 Å². The predicted molar refractivity (Wildman–Crippen MR) is 324 cm³/mol. The van der Waals surface area contributed by atoms with E-state index >= 15 is 0 Å². The van der Waals surface area contributed by atoms with E-state index in [4.69, 9.17) is 0 Å². The molecule has 9 nitrogen and oxygen atoms in total. The normalized spacial score (nSPS) is 46.9. The summed E-state index contributed by atoms with van der Waals surface area (Å²) >= 11 is 0. The van der Waals surface area contributed by atoms with E-state index in [1.165, 1.54) is 296 Å². The number of fused-ring (bicyclic) bond motifs is 7. The smallest absolute Gasteiger partial charge is 0.0427 e. The van der Waals surface area contributed by atoms with Crippen LogP contribution in [-0.2, 0) is 0 Å². The van der Waals surface area contributed by atoms with Crippen LogP contribution in [0.3, 0.4) is 0 Å². The van der Waals surface area contributed by atoms with E-state index < -0.39 is 0 Å². The summed E-state index contributed by atoms with van der Waals surface area (Å²) in [4.78, 5) is 13.2. The topological polar surface area (TPSA) is 64.3 Å². The van der Waals surface area contributed by atoms with E-state index in [0.29, 0.717) is 12.1 Å². The maximum absolute atomic E-state index is 4.01. The number of nitrogens with zero attached hydrogens (tertiary/aromatic N) is 5. The van der Waals surface area contributed by atoms with Crippen LogP contribution in [0.25, 0.3) is 0 Å². The first-order valence-corrected chi connectivity index (χ1v) is 37.0. The fourth-order valence-corrected chi connectivity index (χ4v) is 25.1. The fourth-order valence-electron chi connectivity index (χ4n) is 25.1. The van der Waals surface area contributed by atoms with Crippen molar-refractivity contribution in [1.82, 2.24) is 46.2 Å². The molecule has 446 valence electrons. The third kappa shape index (κ3) is 11.1. The van der Waals surface area contributed by atoms with Crippen LogP contribution in [0.5, 0.6) is 0 Å². The van der Waals surface area contributed by atoms with Gasteiger partial charge in [0.2, 0.25) is 0 Å². The Bertz CT molecular complexity index is 1760. The highest BCUT2D eigenvalue weighted by atomic mass is 15.7. The number of hydrazine groups is 2. The van der Waals surface area contributed by atoms with Gasteiger partial charge in [0.15, 0.2) is 0 Å². The molecule has 15 rings (SSSR count). The molecule has 15 aliphatic rings. The third-order valence-electron chi connectivity index (χ3n) is 28.4. The molecule has 0 aromatic carbocycles. The number of nitrogens with one attached hydrogen (secondary N) is 4. The van der Waals surface area contributed by atoms with Gasteiger partial charge in [-0.15, -0.1) is 0 Å². The Labute approximate surface area is 484 Å². The summed E-state index contributed by atoms with van der Waals surface area (Å²) in [5, 5.41) is 10.9. The van der Waals surface area contributed by atoms with Gasteiger partial charge in [0, 0.05) is 90.6 Å². The molecule has 10 saturated carbocycles. The standard InChI is InChI=1S/C70H121N9/c1-5-15-52(16-6-1)75(53-17-7-2-8-18-53)58-33-35-66-61(44-58)63-46-71-39-37-68(63)77(66)56-29-25-48(26-30-56)50-41-51(43-60(42-50)79-70-24-14-13-23-65(70)73-74-79)49-27-31-57(32-28-49)78-67-36-34-59(45-62(67)64-47-72-40-38-69(64)78)76(54-19-9-3-10-20-54)55-21-11-4-12-22-55/h48-74H,1-47H2. The van der Waals surface area contributed by atoms with Gasteiger partial charge in [-0.1, -0.05) is 89.9 Å². The summed E-state index contributed by atoms with van der Waals surface area (Å²) in [5.74, 6) is 7.42. The van der Waals surface area contributed by atoms with Gasteiger partial charge < -0.3 is 10.6 Å². The van der Waals surface area contributed by atoms with Crippen molar-refractivity contribution in [2.45, 2.75) is 367 Å². The zero-order valence-corrected chi connectivity index (χ0v) is 50.7. The van der Waals surface area contributed by atoms with Crippen LogP contribution in [0.15, 0.2) is 0 Å². The number of hydrogen-bond acceptors (Lipinski definition) is 9. The summed E-state index contributed by atoms with van der Waals surface area (Å²) in [7, 11) is 0. The highest BCUT2D eigenvalue weighted by Crippen LogP contribution is 2.55. The average molecular weight is 1090 g/mol. The first kappa shape index (κ1) is 55.2. The summed E-state index contributed by atoms with van der Waals surface area (Å²) in [5.41, 5.74) is 7.85. The number of likely N-dealkylation sites (tertiary alicyclic amines) is 2. The molecule has 5 aliphatic heterocycles. The second-order valence-corrected chi connectivity index (χ2v) is 31.9. The predicted octanol–water partition coefficient (Wildman–Crippen LogP) is 13.1. The van der Waals surface area contributed by atoms with Gasteiger partial charge >= 0.3 is 0 Å². The van der Waals surface area contributed by atoms with Gasteiger partial charge in [-0.05, 0) is 260 Å². The van der Waals surface area contributed by atoms with Crippen LogP contribution >= 0.6 is 0 Å². The Balaban J connectivity index is 0.613. The van der Waals surface area contributed by atoms with Crippen molar-refractivity contribution in [2.75, 3.05) is 26.2 Å². The summed E-state index contributed by atoms with van der Waals surface area (Å²) in [6, 6.07) is 12.6. The highest BCUT2D eigenvalue weighted by molar-refractivity contribution is 5.12. The van der Waals surface area contributed by atoms with Gasteiger partial charge in [0.25, 0.3) is 0 Å². The fraction of sp³-hybridized carbons (Fsp3) is 1.00. The van der Waals surface area contributed by atoms with Gasteiger partial charge in [-0.25, -0.2) is 10.4 Å². The molecule has 79 heavy (non-hydrogen) atoms. The van der Waals surface area contributed by atoms with Crippen molar-refractivity contribution in [3.05, 3.63) is 0 Å². The van der Waals surface area contributed by atoms with Crippen LogP contribution in [0.4, 0.5) is 0 Å². The zero-order chi connectivity index (χ0) is 52.2. The van der Waals surface area contributed by atoms with Crippen LogP contribution in [0, 0.1) is 47.3 Å². The average Bonchev–Trinajstić information content (AvgIpc) is 4.43. The van der Waals surface area contributed by atoms with Gasteiger partial charge in [-0.3, -0.25) is 19.6 Å². The lowest BCUT2D eigenvalue weighted by Crippen LogP contribution is -2.55. The second-order valence-electron chi connectivity index (χ2n) is 31.9. The first-order chi connectivity index (χ1) is 39.2. The molecular weight excluding hydrogens is 967 g/mol. The van der Waals surface area contributed by atoms with Gasteiger partial charge in [-0.2, -0.15) is 5.53 Å². The molecule has 0 aromatic rings. The Morgan fingerprint density at radius 3 is 1.13 bits per heavy atom. The summed E-state index contributed by atoms with van der Waals surface area (Å²) in [6.07, 6.45) is 64.0. The van der Waals surface area contributed by atoms with E-state index in [9.17, 15) is 0 Å². The maximum atomic E-state index is 4.01. The minimum atomic E-state index is 0.667. The lowest BCUT2D eigenvalue weighted by molar-refractivity contribution is -0.0210. The lowest BCUT2D eigenvalue weighted by Gasteiger charge is -2.51. The molecule has 0 bridgehead atoms. The highest BCUT2D eigenvalue weighted by Gasteiger charge is 2.57. The Hall–Kier alpha value is -0.360. The Morgan fingerprint density at radius 2 is 0.684 bits per heavy atom. The minimum Gasteiger partial charge on any atom is -0.316 e. The third-order valence-corrected chi connectivity index (χ3v) is 28.4. The lowest BCUT2D eigenvalue weighted by atomic mass is 9.63. The van der Waals surface area contributed by atoms with E-state index in [1.54, 1.807) is 6.42 Å². The molecule has 0 amide bonds. The van der Waals surface area contributed by atoms with Crippen molar-refractivity contribution >= 4 is 0 Å². The van der Waals surface area contributed by atoms with Gasteiger partial charge in [0.05, 0.1) is 0 Å². The molecule has 15 fully saturated rings. The van der Waals surface area contributed by atoms with Crippen LogP contribution in [-0.4, -0.2) is 141 Å². The Morgan fingerprint density at radius 1 is 0.278 bits per heavy atom. The van der Waals surface area contributed by atoms with Crippen molar-refractivity contribution < 1.29 is 0 Å². The monoisotopic (exact) mass is 1090 g/mol. The summed E-state index contributed by atoms with van der Waals surface area (Å²) < 4.78 is 0. The number of hydrogen-bond donors (Lipinski definition) is 4. The molecule has 0 aromatic heterocycles. The van der Waals surface area contributed by atoms with Crippen LogP contribution < -0.4 is 21.6 Å². The van der Waals surface area contributed by atoms with Crippen molar-refractivity contribution in [1.29, 1.82) is 0 Å². The van der Waals surface area contributed by atoms with Crippen molar-refractivity contribution in [2.24, 2.45) is 47.3 Å². The molecule has 5 heterocycles. The summed E-state index contributed by atoms with van der Waals surface area (Å²) in [6.45, 7) is 5.14. The zero-order valence-electron chi connectivity index (χ0n) is 50.7. The molecular formula is C70H121N9. The molecule has 0 spiro atoms. The number of piperidine rings is 2. The van der Waals surface area contributed by atoms with E-state index in [1.807, 2.05) is 0 Å². The van der Waals surface area contributed by atoms with Gasteiger partial charge in [0.1, 0.15) is 0 Å². The SMILES string of the molecule is C1CCC(N(C2CCCCC2)C2CCC3C(C2)C2CNCCC2N3C2CCC(C3CC(C4CCC(N5C6CCNCC6C6CC(N(C7CCCCC7)C7CCCCC7)CCC65)CC4)CC(N4NNC5CCCCC54)C3)CC2)CC1. The molecule has 14 unspecified atom stereocenters. The second kappa shape index (κ2) is 25.2. The molecule has 4 N–H and O–H groups in total. The minimum absolute atomic E-state index is 0.667. The molecule has 14 atom stereocenters. The molecule has 10 aliphatic carbocycles. The quantitative estimate of drug-likeness (QED) is 0.162. The molecule has 5 saturated heterocycles. The molecule has 9 heteroatoms. The first-order valence-electron chi connectivity index (χ1n) is 37.0. The largest absolute Gasteiger partial charge is 0.316 e. The molecule has 0 radical (unpaired) electrons. The van der Waals surface area contributed by atoms with E-state index in [-0.39, 0.29) is 0 Å². The van der Waals surface area contributed by atoms with Crippen molar-refractivity contribution in [3.8, 4) is 0 Å².